The van der Waals surface area contributed by atoms with Crippen LogP contribution in [0.15, 0.2) is 30.3 Å². The van der Waals surface area contributed by atoms with Gasteiger partial charge in [-0.15, -0.1) is 0 Å². The van der Waals surface area contributed by atoms with Gasteiger partial charge in [-0.3, -0.25) is 4.55 Å². The van der Waals surface area contributed by atoms with Gasteiger partial charge in [0.15, 0.2) is 0 Å². The fourth-order valence-electron chi connectivity index (χ4n) is 2.60. The monoisotopic (exact) mass is 413 g/mol. The maximum Gasteiger partial charge on any atom is 0.474 e. The summed E-state index contributed by atoms with van der Waals surface area (Å²) in [6.45, 7) is 5.23. The molecule has 4 N–H and O–H groups in total. The maximum absolute atomic E-state index is 11.1. The summed E-state index contributed by atoms with van der Waals surface area (Å²) in [6.07, 6.45) is 3.13. The average molecular weight is 414 g/mol. The number of aromatic nitrogens is 3. The third kappa shape index (κ3) is 6.91. The van der Waals surface area contributed by atoms with Crippen molar-refractivity contribution in [2.24, 2.45) is 0 Å². The first kappa shape index (κ1) is 23.5. The van der Waals surface area contributed by atoms with Crippen LogP contribution in [0.3, 0.4) is 0 Å². The van der Waals surface area contributed by atoms with E-state index in [1.165, 1.54) is 0 Å². The zero-order valence-corrected chi connectivity index (χ0v) is 16.8. The van der Waals surface area contributed by atoms with Crippen LogP contribution in [0.1, 0.15) is 44.5 Å². The molecule has 1 aromatic heterocycles. The molecule has 0 amide bonds. The molecular weight excluding hydrogens is 386 g/mol. The zero-order chi connectivity index (χ0) is 19.9. The van der Waals surface area contributed by atoms with Crippen molar-refractivity contribution in [2.45, 2.75) is 46.1 Å². The number of nitrogens with two attached hydrogens (primary N) is 1. The number of hydrogen-bond donors (Lipinski definition) is 2. The Morgan fingerprint density at radius 2 is 1.86 bits per heavy atom. The molecule has 2 rings (SSSR count). The van der Waals surface area contributed by atoms with Gasteiger partial charge >= 0.3 is 22.3 Å². The van der Waals surface area contributed by atoms with Gasteiger partial charge in [-0.1, -0.05) is 60.1 Å². The number of nitrogens with zero attached hydrogens (tertiary/aromatic N) is 4. The lowest BCUT2D eigenvalue weighted by Crippen LogP contribution is -2.52. The summed E-state index contributed by atoms with van der Waals surface area (Å²) >= 11 is 0. The largest absolute Gasteiger partial charge is 0.870 e. The molecule has 1 heterocycles. The fourth-order valence-corrected chi connectivity index (χ4v) is 2.95. The van der Waals surface area contributed by atoms with Crippen LogP contribution in [-0.2, 0) is 23.4 Å². The number of benzene rings is 1. The third-order valence-electron chi connectivity index (χ3n) is 3.94. The van der Waals surface area contributed by atoms with Gasteiger partial charge in [0, 0.05) is 19.5 Å². The predicted octanol–water partition coefficient (Wildman–Crippen LogP) is 1.16. The van der Waals surface area contributed by atoms with E-state index in [1.54, 1.807) is 0 Å². The lowest BCUT2D eigenvalue weighted by molar-refractivity contribution is -0.854. The van der Waals surface area contributed by atoms with Crippen molar-refractivity contribution in [2.75, 3.05) is 17.2 Å². The van der Waals surface area contributed by atoms with Crippen molar-refractivity contribution in [1.82, 2.24) is 9.97 Å². The minimum absolute atomic E-state index is 0. The van der Waals surface area contributed by atoms with Crippen molar-refractivity contribution in [3.05, 3.63) is 41.7 Å². The van der Waals surface area contributed by atoms with E-state index >= 15 is 0 Å². The molecule has 0 aliphatic carbocycles. The zero-order valence-electron chi connectivity index (χ0n) is 16.0. The highest BCUT2D eigenvalue weighted by Gasteiger charge is 2.26. The predicted molar refractivity (Wildman–Crippen MR) is 103 cm³/mol. The first-order valence-electron chi connectivity index (χ1n) is 8.88. The summed E-state index contributed by atoms with van der Waals surface area (Å²) in [5, 5.41) is 0. The van der Waals surface area contributed by atoms with E-state index in [9.17, 15) is 8.42 Å². The van der Waals surface area contributed by atoms with Gasteiger partial charge < -0.3 is 16.1 Å². The van der Waals surface area contributed by atoms with Gasteiger partial charge in [-0.05, 0) is 23.6 Å². The van der Waals surface area contributed by atoms with Gasteiger partial charge in [0.2, 0.25) is 0 Å². The van der Waals surface area contributed by atoms with Crippen LogP contribution < -0.4 is 19.6 Å². The van der Waals surface area contributed by atoms with E-state index in [-0.39, 0.29) is 17.2 Å². The SMILES string of the molecule is CCCCCc1nc(N(CC)Cc2ccccc2)nc(N)[n+]1OS(=O)(=O)O.[OH-]. The van der Waals surface area contributed by atoms with Crippen molar-refractivity contribution in [3.8, 4) is 0 Å². The minimum Gasteiger partial charge on any atom is -0.870 e. The molecule has 1 aromatic carbocycles. The Morgan fingerprint density at radius 1 is 1.18 bits per heavy atom. The topological polar surface area (TPSA) is 153 Å². The van der Waals surface area contributed by atoms with E-state index in [2.05, 4.69) is 21.2 Å². The molecule has 2 aromatic rings. The van der Waals surface area contributed by atoms with Crippen LogP contribution in [-0.4, -0.2) is 35.0 Å². The summed E-state index contributed by atoms with van der Waals surface area (Å²) in [5.74, 6) is 0.464. The first-order valence-corrected chi connectivity index (χ1v) is 10.2. The molecule has 28 heavy (non-hydrogen) atoms. The highest BCUT2D eigenvalue weighted by Crippen LogP contribution is 2.14. The fraction of sp³-hybridized carbons (Fsp3) is 0.471. The summed E-state index contributed by atoms with van der Waals surface area (Å²) in [7, 11) is -4.75. The Balaban J connectivity index is 0.00000392. The minimum atomic E-state index is -4.75. The van der Waals surface area contributed by atoms with Gasteiger partial charge in [0.1, 0.15) is 0 Å². The lowest BCUT2D eigenvalue weighted by atomic mass is 10.2. The Kier molecular flexibility index (Phi) is 9.03. The summed E-state index contributed by atoms with van der Waals surface area (Å²) in [4.78, 5) is 10.5. The average Bonchev–Trinajstić information content (AvgIpc) is 2.62. The smallest absolute Gasteiger partial charge is 0.474 e. The van der Waals surface area contributed by atoms with Gasteiger partial charge in [-0.2, -0.15) is 8.42 Å². The molecule has 0 saturated heterocycles. The highest BCUT2D eigenvalue weighted by atomic mass is 32.3. The molecule has 0 aliphatic rings. The van der Waals surface area contributed by atoms with Crippen LogP contribution in [0.5, 0.6) is 0 Å². The second-order valence-electron chi connectivity index (χ2n) is 6.05. The van der Waals surface area contributed by atoms with Crippen LogP contribution >= 0.6 is 0 Å². The second kappa shape index (κ2) is 10.7. The Bertz CT molecular complexity index is 849. The Labute approximate surface area is 165 Å². The number of unbranched alkanes of at least 4 members (excludes halogenated alkanes) is 2. The molecule has 0 radical (unpaired) electrons. The third-order valence-corrected chi connectivity index (χ3v) is 4.28. The lowest BCUT2D eigenvalue weighted by Gasteiger charge is -2.18. The van der Waals surface area contributed by atoms with Gasteiger partial charge in [-0.25, -0.2) is 4.28 Å². The van der Waals surface area contributed by atoms with Crippen molar-refractivity contribution in [3.63, 3.8) is 0 Å². The molecule has 0 atom stereocenters. The molecule has 0 fully saturated rings. The number of aryl methyl sites for hydroxylation is 1. The van der Waals surface area contributed by atoms with Crippen molar-refractivity contribution >= 4 is 22.3 Å². The van der Waals surface area contributed by atoms with E-state index in [4.69, 9.17) is 10.3 Å². The maximum atomic E-state index is 11.1. The molecule has 0 saturated carbocycles. The van der Waals surface area contributed by atoms with E-state index in [1.807, 2.05) is 42.2 Å². The molecule has 0 unspecified atom stereocenters. The summed E-state index contributed by atoms with van der Waals surface area (Å²) in [5.41, 5.74) is 6.99. The molecule has 10 nitrogen and oxygen atoms in total. The standard InChI is InChI=1S/C17H25N5O4S.H2O/c1-3-5-7-12-15-19-17(20-16(18)22(15)26-27(23,24)25)21(4-2)13-14-10-8-6-9-11-14;/h6,8-11,18H,3-5,7,12-13H2,1-2H3,(H,23,24,25);1H2. The molecule has 11 heteroatoms. The highest BCUT2D eigenvalue weighted by molar-refractivity contribution is 7.80. The van der Waals surface area contributed by atoms with E-state index in [0.29, 0.717) is 25.5 Å². The van der Waals surface area contributed by atoms with Gasteiger partial charge in [0.05, 0.1) is 0 Å². The number of rotatable bonds is 10. The quantitative estimate of drug-likeness (QED) is 0.332. The molecule has 0 spiro atoms. The molecular formula is C17H27N5O5S. The number of nitrogen functional groups attached to an aromatic ring is 1. The van der Waals surface area contributed by atoms with Crippen LogP contribution in [0.25, 0.3) is 0 Å². The Hall–Kier alpha value is -2.50. The Morgan fingerprint density at radius 3 is 2.43 bits per heavy atom. The van der Waals surface area contributed by atoms with E-state index in [0.717, 1.165) is 29.6 Å². The molecule has 156 valence electrons. The second-order valence-corrected chi connectivity index (χ2v) is 7.06. The van der Waals surface area contributed by atoms with Crippen LogP contribution in [0.4, 0.5) is 11.9 Å². The molecule has 0 bridgehead atoms. The number of hydrogen-bond acceptors (Lipinski definition) is 8. The molecule has 0 aliphatic heterocycles. The van der Waals surface area contributed by atoms with Crippen LogP contribution in [0, 0.1) is 0 Å². The van der Waals surface area contributed by atoms with E-state index < -0.39 is 10.4 Å². The number of anilines is 2. The van der Waals surface area contributed by atoms with Gasteiger partial charge in [0.25, 0.3) is 5.82 Å². The van der Waals surface area contributed by atoms with Crippen LogP contribution in [0.2, 0.25) is 0 Å². The normalized spacial score (nSPS) is 11.0. The van der Waals surface area contributed by atoms with Crippen molar-refractivity contribution < 1.29 is 27.5 Å². The summed E-state index contributed by atoms with van der Waals surface area (Å²) < 4.78 is 36.6. The van der Waals surface area contributed by atoms with Crippen molar-refractivity contribution in [1.29, 1.82) is 0 Å². The summed E-state index contributed by atoms with van der Waals surface area (Å²) in [6, 6.07) is 9.84. The first-order chi connectivity index (χ1) is 12.8.